The predicted molar refractivity (Wildman–Crippen MR) is 221 cm³/mol. The number of hydrogen-bond donors (Lipinski definition) is 0. The molecule has 250 valence electrons. The van der Waals surface area contributed by atoms with Crippen LogP contribution in [-0.4, -0.2) is 0 Å². The molecule has 2 aliphatic rings. The number of rotatable bonds is 5. The van der Waals surface area contributed by atoms with Crippen LogP contribution in [0.4, 0.5) is 11.4 Å². The monoisotopic (exact) mass is 677 g/mol. The lowest BCUT2D eigenvalue weighted by Crippen LogP contribution is -2.30. The molecule has 1 heterocycles. The molecule has 0 amide bonds. The van der Waals surface area contributed by atoms with E-state index in [1.165, 1.54) is 60.6 Å². The van der Waals surface area contributed by atoms with Crippen LogP contribution in [0.1, 0.15) is 35.1 Å². The second-order valence-corrected chi connectivity index (χ2v) is 14.3. The molecule has 8 aromatic carbocycles. The van der Waals surface area contributed by atoms with Crippen LogP contribution in [0.15, 0.2) is 204 Å². The summed E-state index contributed by atoms with van der Waals surface area (Å²) < 4.78 is 6.81. The number of allylic oxidation sites excluding steroid dienone is 4. The fourth-order valence-electron chi connectivity index (χ4n) is 9.45. The Labute approximate surface area is 308 Å². The van der Waals surface area contributed by atoms with Crippen molar-refractivity contribution < 1.29 is 4.42 Å². The molecule has 0 atom stereocenters. The average molecular weight is 678 g/mol. The zero-order valence-electron chi connectivity index (χ0n) is 29.2. The van der Waals surface area contributed by atoms with E-state index in [0.29, 0.717) is 0 Å². The number of furan rings is 1. The molecule has 53 heavy (non-hydrogen) atoms. The largest absolute Gasteiger partial charge is 0.454 e. The normalized spacial score (nSPS) is 14.8. The highest BCUT2D eigenvalue weighted by Crippen LogP contribution is 2.58. The smallest absolute Gasteiger partial charge is 0.159 e. The van der Waals surface area contributed by atoms with E-state index in [2.05, 4.69) is 193 Å². The minimum absolute atomic E-state index is 0.470. The molecule has 9 aromatic rings. The number of fused-ring (bicyclic) bond motifs is 8. The van der Waals surface area contributed by atoms with Crippen molar-refractivity contribution in [2.45, 2.75) is 18.3 Å². The molecule has 0 radical (unpaired) electrons. The SMILES string of the molecule is C1=C(N(c2cc3ccccc3c3ccccc23)c2cccc3c2oc2ccccc23)CCC2=C1C(c1ccccc1)(c1ccccc1)c1ccccc12. The molecule has 2 aliphatic carbocycles. The van der Waals surface area contributed by atoms with Crippen molar-refractivity contribution in [3.8, 4) is 0 Å². The van der Waals surface area contributed by atoms with Crippen molar-refractivity contribution in [2.24, 2.45) is 0 Å². The van der Waals surface area contributed by atoms with Crippen molar-refractivity contribution in [3.63, 3.8) is 0 Å². The molecule has 2 heteroatoms. The van der Waals surface area contributed by atoms with E-state index in [4.69, 9.17) is 4.42 Å². The van der Waals surface area contributed by atoms with E-state index in [-0.39, 0.29) is 0 Å². The standard InChI is InChI=1S/C51H35NO/c1-3-17-35(18-4-1)51(36-19-5-2-6-20-36)45-27-13-11-23-40(45)41-31-30-37(33-46(41)51)52(47-28-15-26-44-43-25-12-14-29-49(43)53-50(44)47)48-32-34-16-7-8-21-38(34)39-22-9-10-24-42(39)48/h1-29,32-33H,30-31H2. The van der Waals surface area contributed by atoms with Crippen LogP contribution in [0.2, 0.25) is 0 Å². The third kappa shape index (κ3) is 4.33. The Morgan fingerprint density at radius 3 is 1.89 bits per heavy atom. The number of nitrogens with zero attached hydrogens (tertiary/aromatic N) is 1. The van der Waals surface area contributed by atoms with Gasteiger partial charge in [-0.1, -0.05) is 164 Å². The minimum atomic E-state index is -0.470. The molecule has 0 N–H and O–H groups in total. The van der Waals surface area contributed by atoms with Crippen molar-refractivity contribution in [1.82, 2.24) is 0 Å². The summed E-state index contributed by atoms with van der Waals surface area (Å²) in [5.41, 5.74) is 12.8. The first-order valence-corrected chi connectivity index (χ1v) is 18.6. The highest BCUT2D eigenvalue weighted by atomic mass is 16.3. The molecule has 0 saturated carbocycles. The second kappa shape index (κ2) is 11.7. The van der Waals surface area contributed by atoms with E-state index in [1.807, 2.05) is 0 Å². The average Bonchev–Trinajstić information content (AvgIpc) is 3.76. The molecule has 11 rings (SSSR count). The molecule has 0 saturated heterocycles. The first-order valence-electron chi connectivity index (χ1n) is 18.6. The zero-order valence-corrected chi connectivity index (χ0v) is 29.2. The topological polar surface area (TPSA) is 16.4 Å². The highest BCUT2D eigenvalue weighted by Gasteiger charge is 2.48. The van der Waals surface area contributed by atoms with Gasteiger partial charge in [0.25, 0.3) is 0 Å². The van der Waals surface area contributed by atoms with E-state index < -0.39 is 5.41 Å². The van der Waals surface area contributed by atoms with Crippen LogP contribution in [0.3, 0.4) is 0 Å². The van der Waals surface area contributed by atoms with Gasteiger partial charge in [-0.3, -0.25) is 0 Å². The van der Waals surface area contributed by atoms with Gasteiger partial charge in [0.15, 0.2) is 5.58 Å². The molecule has 0 fully saturated rings. The summed E-state index contributed by atoms with van der Waals surface area (Å²) in [6.45, 7) is 0. The Morgan fingerprint density at radius 1 is 0.472 bits per heavy atom. The first-order chi connectivity index (χ1) is 26.3. The number of hydrogen-bond acceptors (Lipinski definition) is 2. The Balaban J connectivity index is 1.25. The van der Waals surface area contributed by atoms with Crippen molar-refractivity contribution in [1.29, 1.82) is 0 Å². The number of benzene rings is 8. The van der Waals surface area contributed by atoms with E-state index in [1.54, 1.807) is 0 Å². The second-order valence-electron chi connectivity index (χ2n) is 14.3. The van der Waals surface area contributed by atoms with Crippen LogP contribution >= 0.6 is 0 Å². The molecule has 0 bridgehead atoms. The zero-order chi connectivity index (χ0) is 34.9. The van der Waals surface area contributed by atoms with Crippen molar-refractivity contribution in [2.75, 3.05) is 4.90 Å². The van der Waals surface area contributed by atoms with Crippen LogP contribution in [-0.2, 0) is 5.41 Å². The fraction of sp³-hybridized carbons (Fsp3) is 0.0588. The van der Waals surface area contributed by atoms with Gasteiger partial charge in [0.05, 0.1) is 16.8 Å². The van der Waals surface area contributed by atoms with E-state index in [9.17, 15) is 0 Å². The Morgan fingerprint density at radius 2 is 1.09 bits per heavy atom. The van der Waals surface area contributed by atoms with Gasteiger partial charge in [-0.05, 0) is 86.7 Å². The summed E-state index contributed by atoms with van der Waals surface area (Å²) in [5, 5.41) is 7.20. The maximum Gasteiger partial charge on any atom is 0.159 e. The summed E-state index contributed by atoms with van der Waals surface area (Å²) in [6.07, 6.45) is 4.34. The summed E-state index contributed by atoms with van der Waals surface area (Å²) in [6, 6.07) is 66.4. The molecular weight excluding hydrogens is 643 g/mol. The number of para-hydroxylation sites is 2. The molecule has 0 spiro atoms. The summed E-state index contributed by atoms with van der Waals surface area (Å²) in [5.74, 6) is 0. The van der Waals surface area contributed by atoms with Crippen LogP contribution in [0.25, 0.3) is 49.1 Å². The van der Waals surface area contributed by atoms with E-state index >= 15 is 0 Å². The Bertz CT molecular complexity index is 2910. The quantitative estimate of drug-likeness (QED) is 0.169. The van der Waals surface area contributed by atoms with Crippen LogP contribution in [0, 0.1) is 0 Å². The predicted octanol–water partition coefficient (Wildman–Crippen LogP) is 13.5. The van der Waals surface area contributed by atoms with Gasteiger partial charge in [-0.25, -0.2) is 0 Å². The summed E-state index contributed by atoms with van der Waals surface area (Å²) in [4.78, 5) is 2.52. The third-order valence-electron chi connectivity index (χ3n) is 11.6. The molecule has 0 unspecified atom stereocenters. The highest BCUT2D eigenvalue weighted by molar-refractivity contribution is 6.16. The van der Waals surface area contributed by atoms with Gasteiger partial charge in [0, 0.05) is 21.9 Å². The molecule has 2 nitrogen and oxygen atoms in total. The summed E-state index contributed by atoms with van der Waals surface area (Å²) >= 11 is 0. The van der Waals surface area contributed by atoms with Gasteiger partial charge < -0.3 is 9.32 Å². The fourth-order valence-corrected chi connectivity index (χ4v) is 9.45. The van der Waals surface area contributed by atoms with Gasteiger partial charge in [-0.15, -0.1) is 0 Å². The van der Waals surface area contributed by atoms with Gasteiger partial charge in [0.2, 0.25) is 0 Å². The summed E-state index contributed by atoms with van der Waals surface area (Å²) in [7, 11) is 0. The molecule has 1 aromatic heterocycles. The minimum Gasteiger partial charge on any atom is -0.454 e. The Hall–Kier alpha value is -6.64. The molecular formula is C51H35NO. The maximum absolute atomic E-state index is 6.81. The van der Waals surface area contributed by atoms with Gasteiger partial charge in [0.1, 0.15) is 5.58 Å². The third-order valence-corrected chi connectivity index (χ3v) is 11.6. The lowest BCUT2D eigenvalue weighted by Gasteiger charge is -2.37. The molecule has 0 aliphatic heterocycles. The van der Waals surface area contributed by atoms with Crippen LogP contribution in [0.5, 0.6) is 0 Å². The van der Waals surface area contributed by atoms with Crippen molar-refractivity contribution in [3.05, 3.63) is 222 Å². The lowest BCUT2D eigenvalue weighted by atomic mass is 9.66. The lowest BCUT2D eigenvalue weighted by molar-refractivity contribution is 0.668. The van der Waals surface area contributed by atoms with Gasteiger partial charge >= 0.3 is 0 Å². The maximum atomic E-state index is 6.81. The van der Waals surface area contributed by atoms with Crippen molar-refractivity contribution >= 4 is 60.4 Å². The number of anilines is 2. The first kappa shape index (κ1) is 30.0. The van der Waals surface area contributed by atoms with Crippen LogP contribution < -0.4 is 4.90 Å². The van der Waals surface area contributed by atoms with Gasteiger partial charge in [-0.2, -0.15) is 0 Å². The van der Waals surface area contributed by atoms with E-state index in [0.717, 1.165) is 46.2 Å². The Kier molecular flexibility index (Phi) is 6.63.